The SMILES string of the molecule is CC(=O)OCc1ccc(-c2ccccc2S(=O)(=O)N(COC(C)O[Si](C)(C)C)c2onc(C)c2C)c(C#N)c1. The van der Waals surface area contributed by atoms with E-state index in [1.165, 1.54) is 13.0 Å². The number of aromatic nitrogens is 1. The lowest BCUT2D eigenvalue weighted by Gasteiger charge is -2.27. The lowest BCUT2D eigenvalue weighted by molar-refractivity contribution is -0.142. The Bertz CT molecular complexity index is 1490. The van der Waals surface area contributed by atoms with Crippen LogP contribution in [-0.2, 0) is 35.3 Å². The van der Waals surface area contributed by atoms with Gasteiger partial charge >= 0.3 is 5.97 Å². The molecule has 0 spiro atoms. The Morgan fingerprint density at radius 2 is 1.85 bits per heavy atom. The van der Waals surface area contributed by atoms with Crippen LogP contribution in [-0.4, -0.2) is 40.9 Å². The summed E-state index contributed by atoms with van der Waals surface area (Å²) in [6, 6.07) is 13.4. The summed E-state index contributed by atoms with van der Waals surface area (Å²) in [4.78, 5) is 11.1. The van der Waals surface area contributed by atoms with E-state index in [1.807, 2.05) is 19.6 Å². The van der Waals surface area contributed by atoms with Gasteiger partial charge < -0.3 is 18.4 Å². The van der Waals surface area contributed by atoms with Crippen LogP contribution in [0.2, 0.25) is 19.6 Å². The number of ether oxygens (including phenoxy) is 2. The number of sulfonamides is 1. The molecule has 0 bridgehead atoms. The van der Waals surface area contributed by atoms with Crippen molar-refractivity contribution in [1.82, 2.24) is 5.16 Å². The molecule has 0 aliphatic heterocycles. The summed E-state index contributed by atoms with van der Waals surface area (Å²) in [5, 5.41) is 13.8. The second kappa shape index (κ2) is 12.1. The highest BCUT2D eigenvalue weighted by molar-refractivity contribution is 7.93. The fourth-order valence-electron chi connectivity index (χ4n) is 3.80. The summed E-state index contributed by atoms with van der Waals surface area (Å²) >= 11 is 0. The number of rotatable bonds is 11. The number of carbonyl (C=O) groups is 1. The number of nitrogens with zero attached hydrogens (tertiary/aromatic N) is 3. The largest absolute Gasteiger partial charge is 0.461 e. The Morgan fingerprint density at radius 1 is 1.15 bits per heavy atom. The standard InChI is InChI=1S/C27H33N3O7SSi/c1-18-19(2)29-36-27(18)30(17-35-21(4)37-39(5,6)7)38(32,33)26-11-9-8-10-25(26)24-13-12-22(14-23(24)15-28)16-34-20(3)31/h8-14,21H,16-17H2,1-7H3. The van der Waals surface area contributed by atoms with Crippen molar-refractivity contribution in [3.8, 4) is 17.2 Å². The molecule has 0 saturated carbocycles. The first-order valence-corrected chi connectivity index (χ1v) is 17.1. The van der Waals surface area contributed by atoms with E-state index in [0.717, 1.165) is 4.31 Å². The third kappa shape index (κ3) is 7.33. The van der Waals surface area contributed by atoms with E-state index >= 15 is 0 Å². The van der Waals surface area contributed by atoms with Crippen molar-refractivity contribution in [1.29, 1.82) is 5.26 Å². The fourth-order valence-corrected chi connectivity index (χ4v) is 6.40. The first-order valence-electron chi connectivity index (χ1n) is 12.3. The predicted molar refractivity (Wildman–Crippen MR) is 148 cm³/mol. The quantitative estimate of drug-likeness (QED) is 0.172. The third-order valence-electron chi connectivity index (χ3n) is 5.70. The van der Waals surface area contributed by atoms with Gasteiger partial charge in [0.2, 0.25) is 5.88 Å². The van der Waals surface area contributed by atoms with Crippen LogP contribution in [0, 0.1) is 25.2 Å². The molecule has 0 N–H and O–H groups in total. The van der Waals surface area contributed by atoms with Crippen LogP contribution in [0.4, 0.5) is 5.88 Å². The van der Waals surface area contributed by atoms with Crippen molar-refractivity contribution in [2.24, 2.45) is 0 Å². The van der Waals surface area contributed by atoms with Crippen LogP contribution < -0.4 is 4.31 Å². The van der Waals surface area contributed by atoms with Crippen molar-refractivity contribution < 1.29 is 31.6 Å². The number of aryl methyl sites for hydroxylation is 1. The first kappa shape index (κ1) is 30.0. The van der Waals surface area contributed by atoms with Crippen LogP contribution in [0.15, 0.2) is 51.9 Å². The maximum Gasteiger partial charge on any atom is 0.302 e. The number of nitriles is 1. The maximum absolute atomic E-state index is 14.2. The second-order valence-electron chi connectivity index (χ2n) is 9.91. The number of hydrogen-bond donors (Lipinski definition) is 0. The van der Waals surface area contributed by atoms with Crippen LogP contribution in [0.1, 0.15) is 36.2 Å². The van der Waals surface area contributed by atoms with Gasteiger partial charge in [-0.25, -0.2) is 12.7 Å². The van der Waals surface area contributed by atoms with Gasteiger partial charge in [0.1, 0.15) is 19.6 Å². The molecular formula is C27H33N3O7SSi. The minimum atomic E-state index is -4.29. The summed E-state index contributed by atoms with van der Waals surface area (Å²) in [5.74, 6) is -0.418. The highest BCUT2D eigenvalue weighted by Gasteiger charge is 2.33. The van der Waals surface area contributed by atoms with E-state index < -0.39 is 30.6 Å². The first-order chi connectivity index (χ1) is 18.2. The zero-order valence-electron chi connectivity index (χ0n) is 23.1. The predicted octanol–water partition coefficient (Wildman–Crippen LogP) is 5.26. The Kier molecular flexibility index (Phi) is 9.34. The van der Waals surface area contributed by atoms with Crippen LogP contribution in [0.25, 0.3) is 11.1 Å². The van der Waals surface area contributed by atoms with Gasteiger partial charge in [-0.2, -0.15) is 5.26 Å². The summed E-state index contributed by atoms with van der Waals surface area (Å²) in [7, 11) is -6.24. The number of anilines is 1. The molecule has 12 heteroatoms. The second-order valence-corrected chi connectivity index (χ2v) is 16.2. The van der Waals surface area contributed by atoms with Gasteiger partial charge in [-0.05, 0) is 58.1 Å². The van der Waals surface area contributed by atoms with Crippen LogP contribution in [0.3, 0.4) is 0 Å². The molecule has 0 fully saturated rings. The smallest absolute Gasteiger partial charge is 0.302 e. The molecule has 1 aromatic heterocycles. The summed E-state index contributed by atoms with van der Waals surface area (Å²) in [6.45, 7) is 12.1. The van der Waals surface area contributed by atoms with Crippen molar-refractivity contribution in [3.63, 3.8) is 0 Å². The summed E-state index contributed by atoms with van der Waals surface area (Å²) in [5.41, 5.74) is 2.65. The van der Waals surface area contributed by atoms with Crippen molar-refractivity contribution in [2.45, 2.75) is 65.1 Å². The Morgan fingerprint density at radius 3 is 2.44 bits per heavy atom. The molecule has 10 nitrogen and oxygen atoms in total. The molecular weight excluding hydrogens is 538 g/mol. The van der Waals surface area contributed by atoms with E-state index in [4.69, 9.17) is 18.4 Å². The Balaban J connectivity index is 2.08. The van der Waals surface area contributed by atoms with Gasteiger partial charge in [-0.15, -0.1) is 0 Å². The van der Waals surface area contributed by atoms with Crippen molar-refractivity contribution in [3.05, 3.63) is 64.8 Å². The van der Waals surface area contributed by atoms with E-state index in [1.54, 1.807) is 57.2 Å². The molecule has 0 aliphatic rings. The van der Waals surface area contributed by atoms with Crippen LogP contribution >= 0.6 is 0 Å². The molecule has 3 aromatic rings. The van der Waals surface area contributed by atoms with Gasteiger partial charge in [0.15, 0.2) is 8.32 Å². The van der Waals surface area contributed by atoms with Gasteiger partial charge in [0.25, 0.3) is 10.0 Å². The molecule has 39 heavy (non-hydrogen) atoms. The lowest BCUT2D eigenvalue weighted by atomic mass is 9.98. The minimum absolute atomic E-state index is 0.00282. The maximum atomic E-state index is 14.2. The normalized spacial score (nSPS) is 12.6. The zero-order valence-corrected chi connectivity index (χ0v) is 25.0. The Labute approximate surface area is 230 Å². The highest BCUT2D eigenvalue weighted by atomic mass is 32.2. The summed E-state index contributed by atoms with van der Waals surface area (Å²) < 4.78 is 51.7. The average Bonchev–Trinajstić information content (AvgIpc) is 3.19. The monoisotopic (exact) mass is 571 g/mol. The van der Waals surface area contributed by atoms with Gasteiger partial charge in [-0.3, -0.25) is 4.79 Å². The third-order valence-corrected chi connectivity index (χ3v) is 8.50. The molecule has 3 rings (SSSR count). The molecule has 2 aromatic carbocycles. The number of hydrogen-bond acceptors (Lipinski definition) is 9. The molecule has 0 saturated heterocycles. The van der Waals surface area contributed by atoms with E-state index in [0.29, 0.717) is 27.9 Å². The molecule has 0 amide bonds. The summed E-state index contributed by atoms with van der Waals surface area (Å²) in [6.07, 6.45) is -0.663. The molecule has 1 unspecified atom stereocenters. The van der Waals surface area contributed by atoms with Crippen molar-refractivity contribution in [2.75, 3.05) is 11.0 Å². The number of benzene rings is 2. The van der Waals surface area contributed by atoms with Crippen LogP contribution in [0.5, 0.6) is 0 Å². The molecule has 0 aliphatic carbocycles. The molecule has 208 valence electrons. The van der Waals surface area contributed by atoms with Gasteiger partial charge in [-0.1, -0.05) is 35.5 Å². The number of esters is 1. The fraction of sp³-hybridized carbons (Fsp3) is 0.370. The topological polar surface area (TPSA) is 132 Å². The molecule has 1 atom stereocenters. The van der Waals surface area contributed by atoms with Gasteiger partial charge in [0.05, 0.1) is 22.2 Å². The Hall–Kier alpha value is -3.50. The van der Waals surface area contributed by atoms with E-state index in [2.05, 4.69) is 11.2 Å². The highest BCUT2D eigenvalue weighted by Crippen LogP contribution is 2.35. The minimum Gasteiger partial charge on any atom is -0.461 e. The zero-order chi connectivity index (χ0) is 29.0. The lowest BCUT2D eigenvalue weighted by Crippen LogP contribution is -2.38. The molecule has 1 heterocycles. The van der Waals surface area contributed by atoms with Crippen molar-refractivity contribution >= 4 is 30.2 Å². The average molecular weight is 572 g/mol. The number of carbonyl (C=O) groups excluding carboxylic acids is 1. The van der Waals surface area contributed by atoms with E-state index in [9.17, 15) is 18.5 Å². The molecule has 0 radical (unpaired) electrons. The van der Waals surface area contributed by atoms with E-state index in [-0.39, 0.29) is 29.7 Å². The van der Waals surface area contributed by atoms with Gasteiger partial charge in [0, 0.05) is 23.6 Å².